The maximum Gasteiger partial charge on any atom is 0.243 e. The summed E-state index contributed by atoms with van der Waals surface area (Å²) in [5.41, 5.74) is 1.88. The van der Waals surface area contributed by atoms with Gasteiger partial charge in [0.1, 0.15) is 13.2 Å². The van der Waals surface area contributed by atoms with E-state index in [0.29, 0.717) is 62.4 Å². The molecule has 2 aromatic rings. The number of amides is 1. The number of sulfonamides is 1. The normalized spacial score (nSPS) is 15.9. The molecule has 0 spiro atoms. The number of carbonyl (C=O) groups is 1. The van der Waals surface area contributed by atoms with Crippen molar-refractivity contribution in [3.05, 3.63) is 36.4 Å². The first-order valence-corrected chi connectivity index (χ1v) is 13.3. The number of ether oxygens (including phenoxy) is 3. The van der Waals surface area contributed by atoms with E-state index in [1.165, 1.54) is 4.31 Å². The van der Waals surface area contributed by atoms with Gasteiger partial charge >= 0.3 is 0 Å². The highest BCUT2D eigenvalue weighted by Crippen LogP contribution is 2.32. The molecule has 0 saturated carbocycles. The Hall–Kier alpha value is -3.02. The maximum atomic E-state index is 13.1. The summed E-state index contributed by atoms with van der Waals surface area (Å²) in [5.74, 6) is 0.960. The lowest BCUT2D eigenvalue weighted by Crippen LogP contribution is -2.40. The maximum absolute atomic E-state index is 13.1. The van der Waals surface area contributed by atoms with Gasteiger partial charge in [-0.2, -0.15) is 4.31 Å². The van der Waals surface area contributed by atoms with Crippen LogP contribution in [-0.2, 0) is 19.6 Å². The second-order valence-electron chi connectivity index (χ2n) is 8.26. The molecule has 1 fully saturated rings. The number of anilines is 3. The number of hydrogen-bond donors (Lipinski definition) is 3. The lowest BCUT2D eigenvalue weighted by molar-refractivity contribution is -0.114. The van der Waals surface area contributed by atoms with E-state index in [2.05, 4.69) is 22.9 Å². The highest BCUT2D eigenvalue weighted by Gasteiger charge is 2.27. The minimum Gasteiger partial charge on any atom is -0.486 e. The van der Waals surface area contributed by atoms with Crippen molar-refractivity contribution in [1.82, 2.24) is 4.31 Å². The Bertz CT molecular complexity index is 1130. The number of fused-ring (bicyclic) bond motifs is 1. The summed E-state index contributed by atoms with van der Waals surface area (Å²) in [6.45, 7) is 5.14. The van der Waals surface area contributed by atoms with Gasteiger partial charge in [0.15, 0.2) is 11.5 Å². The summed E-state index contributed by atoms with van der Waals surface area (Å²) in [6.07, 6.45) is 2.00. The zero-order valence-electron chi connectivity index (χ0n) is 19.8. The minimum absolute atomic E-state index is 0.0437. The number of nitrogens with one attached hydrogen (secondary N) is 3. The van der Waals surface area contributed by atoms with Gasteiger partial charge in [0.25, 0.3) is 0 Å². The summed E-state index contributed by atoms with van der Waals surface area (Å²) >= 11 is 0. The molecule has 1 saturated heterocycles. The molecule has 1 amide bonds. The van der Waals surface area contributed by atoms with E-state index in [9.17, 15) is 13.2 Å². The summed E-state index contributed by atoms with van der Waals surface area (Å²) in [6, 6.07) is 10.1. The lowest BCUT2D eigenvalue weighted by atomic mass is 10.2. The highest BCUT2D eigenvalue weighted by molar-refractivity contribution is 7.89. The SMILES string of the molecule is CCCCNc1ccc(S(=O)(=O)N2CCOCC2)cc1NCC(=O)Nc1ccc2c(c1)OCCO2. The van der Waals surface area contributed by atoms with Crippen LogP contribution < -0.4 is 25.4 Å². The minimum atomic E-state index is -3.66. The zero-order valence-corrected chi connectivity index (χ0v) is 20.7. The summed E-state index contributed by atoms with van der Waals surface area (Å²) in [5, 5.41) is 9.26. The molecule has 2 heterocycles. The molecule has 11 heteroatoms. The van der Waals surface area contributed by atoms with E-state index in [1.807, 2.05) is 0 Å². The molecular weight excluding hydrogens is 472 g/mol. The number of rotatable bonds is 10. The molecule has 0 atom stereocenters. The molecule has 10 nitrogen and oxygen atoms in total. The first-order valence-electron chi connectivity index (χ1n) is 11.9. The van der Waals surface area contributed by atoms with Gasteiger partial charge in [0, 0.05) is 31.4 Å². The standard InChI is InChI=1S/C24H32N4O6S/c1-2-3-8-25-20-6-5-19(35(30,31)28-9-11-32-12-10-28)16-21(20)26-17-24(29)27-18-4-7-22-23(15-18)34-14-13-33-22/h4-7,15-16,25-26H,2-3,8-14,17H2,1H3,(H,27,29). The Labute approximate surface area is 206 Å². The Morgan fingerprint density at radius 1 is 0.943 bits per heavy atom. The molecule has 190 valence electrons. The van der Waals surface area contributed by atoms with Crippen LogP contribution >= 0.6 is 0 Å². The summed E-state index contributed by atoms with van der Waals surface area (Å²) in [7, 11) is -3.66. The summed E-state index contributed by atoms with van der Waals surface area (Å²) in [4.78, 5) is 12.8. The van der Waals surface area contributed by atoms with Crippen LogP contribution in [0.1, 0.15) is 19.8 Å². The van der Waals surface area contributed by atoms with Crippen molar-refractivity contribution in [1.29, 1.82) is 0 Å². The van der Waals surface area contributed by atoms with Crippen LogP contribution in [0.25, 0.3) is 0 Å². The van der Waals surface area contributed by atoms with Crippen molar-refractivity contribution >= 4 is 33.0 Å². The fraction of sp³-hybridized carbons (Fsp3) is 0.458. The molecule has 4 rings (SSSR count). The molecule has 0 radical (unpaired) electrons. The third kappa shape index (κ3) is 6.36. The predicted octanol–water partition coefficient (Wildman–Crippen LogP) is 2.74. The number of morpholine rings is 1. The molecule has 3 N–H and O–H groups in total. The van der Waals surface area contributed by atoms with E-state index in [0.717, 1.165) is 25.1 Å². The Balaban J connectivity index is 1.46. The monoisotopic (exact) mass is 504 g/mol. The highest BCUT2D eigenvalue weighted by atomic mass is 32.2. The van der Waals surface area contributed by atoms with E-state index in [1.54, 1.807) is 36.4 Å². The van der Waals surface area contributed by atoms with Gasteiger partial charge in [-0.15, -0.1) is 0 Å². The van der Waals surface area contributed by atoms with Crippen LogP contribution in [0.3, 0.4) is 0 Å². The Kier molecular flexibility index (Phi) is 8.32. The number of nitrogens with zero attached hydrogens (tertiary/aromatic N) is 1. The summed E-state index contributed by atoms with van der Waals surface area (Å²) < 4.78 is 44.0. The van der Waals surface area contributed by atoms with Gasteiger partial charge in [0.2, 0.25) is 15.9 Å². The average Bonchev–Trinajstić information content (AvgIpc) is 2.88. The van der Waals surface area contributed by atoms with Crippen LogP contribution in [0.5, 0.6) is 11.5 Å². The number of hydrogen-bond acceptors (Lipinski definition) is 8. The lowest BCUT2D eigenvalue weighted by Gasteiger charge is -2.26. The van der Waals surface area contributed by atoms with Crippen molar-refractivity contribution in [3.63, 3.8) is 0 Å². The van der Waals surface area contributed by atoms with Gasteiger partial charge < -0.3 is 30.2 Å². The smallest absolute Gasteiger partial charge is 0.243 e. The van der Waals surface area contributed by atoms with Crippen molar-refractivity contribution in [2.24, 2.45) is 0 Å². The number of unbranched alkanes of at least 4 members (excludes halogenated alkanes) is 1. The van der Waals surface area contributed by atoms with E-state index in [-0.39, 0.29) is 17.3 Å². The molecule has 0 unspecified atom stereocenters. The Morgan fingerprint density at radius 3 is 2.49 bits per heavy atom. The van der Waals surface area contributed by atoms with Gasteiger partial charge in [-0.05, 0) is 36.8 Å². The first kappa shape index (κ1) is 25.1. The van der Waals surface area contributed by atoms with Crippen LogP contribution in [0.2, 0.25) is 0 Å². The van der Waals surface area contributed by atoms with Gasteiger partial charge in [-0.1, -0.05) is 13.3 Å². The molecule has 2 aliphatic heterocycles. The quantitative estimate of drug-likeness (QED) is 0.423. The Morgan fingerprint density at radius 2 is 1.71 bits per heavy atom. The average molecular weight is 505 g/mol. The number of carbonyl (C=O) groups excluding carboxylic acids is 1. The fourth-order valence-corrected chi connectivity index (χ4v) is 5.26. The van der Waals surface area contributed by atoms with Crippen molar-refractivity contribution in [2.45, 2.75) is 24.7 Å². The van der Waals surface area contributed by atoms with Crippen molar-refractivity contribution in [3.8, 4) is 11.5 Å². The second-order valence-corrected chi connectivity index (χ2v) is 10.2. The fourth-order valence-electron chi connectivity index (χ4n) is 3.82. The van der Waals surface area contributed by atoms with E-state index >= 15 is 0 Å². The van der Waals surface area contributed by atoms with Crippen LogP contribution in [0.15, 0.2) is 41.3 Å². The third-order valence-electron chi connectivity index (χ3n) is 5.71. The topological polar surface area (TPSA) is 118 Å². The molecule has 0 aliphatic carbocycles. The second kappa shape index (κ2) is 11.6. The third-order valence-corrected chi connectivity index (χ3v) is 7.60. The molecule has 35 heavy (non-hydrogen) atoms. The molecule has 2 aromatic carbocycles. The first-order chi connectivity index (χ1) is 17.0. The largest absolute Gasteiger partial charge is 0.486 e. The predicted molar refractivity (Wildman–Crippen MR) is 134 cm³/mol. The van der Waals surface area contributed by atoms with Gasteiger partial charge in [-0.3, -0.25) is 4.79 Å². The molecule has 2 aliphatic rings. The van der Waals surface area contributed by atoms with Crippen LogP contribution in [0, 0.1) is 0 Å². The van der Waals surface area contributed by atoms with Gasteiger partial charge in [-0.25, -0.2) is 8.42 Å². The van der Waals surface area contributed by atoms with Crippen LogP contribution in [-0.4, -0.2) is 71.2 Å². The molecule has 0 aromatic heterocycles. The molecule has 0 bridgehead atoms. The number of benzene rings is 2. The van der Waals surface area contributed by atoms with Crippen LogP contribution in [0.4, 0.5) is 17.1 Å². The van der Waals surface area contributed by atoms with Crippen molar-refractivity contribution < 1.29 is 27.4 Å². The van der Waals surface area contributed by atoms with E-state index < -0.39 is 10.0 Å². The van der Waals surface area contributed by atoms with Gasteiger partial charge in [0.05, 0.1) is 36.0 Å². The molecular formula is C24H32N4O6S. The zero-order chi connectivity index (χ0) is 24.7. The van der Waals surface area contributed by atoms with E-state index in [4.69, 9.17) is 14.2 Å². The van der Waals surface area contributed by atoms with Crippen molar-refractivity contribution in [2.75, 3.05) is 68.6 Å².